The number of nitrogens with one attached hydrogen (secondary N) is 1. The second kappa shape index (κ2) is 2.55. The summed E-state index contributed by atoms with van der Waals surface area (Å²) in [6.07, 6.45) is 1.46. The van der Waals surface area contributed by atoms with Crippen molar-refractivity contribution >= 4 is 16.7 Å². The Labute approximate surface area is 73.6 Å². The fraction of sp³-hybridized carbons (Fsp3) is 0.125. The van der Waals surface area contributed by atoms with Gasteiger partial charge in [-0.05, 0) is 18.6 Å². The minimum Gasteiger partial charge on any atom is -0.344 e. The summed E-state index contributed by atoms with van der Waals surface area (Å²) >= 11 is 0. The van der Waals surface area contributed by atoms with E-state index >= 15 is 0 Å². The van der Waals surface area contributed by atoms with E-state index in [4.69, 9.17) is 0 Å². The zero-order chi connectivity index (χ0) is 9.42. The van der Waals surface area contributed by atoms with Crippen LogP contribution in [0.15, 0.2) is 18.5 Å². The molecule has 5 nitrogen and oxygen atoms in total. The van der Waals surface area contributed by atoms with Gasteiger partial charge in [-0.3, -0.25) is 10.1 Å². The fourth-order valence-corrected chi connectivity index (χ4v) is 1.31. The minimum absolute atomic E-state index is 0.0521. The highest BCUT2D eigenvalue weighted by atomic mass is 16.6. The zero-order valence-corrected chi connectivity index (χ0v) is 6.94. The molecule has 0 atom stereocenters. The molecule has 66 valence electrons. The van der Waals surface area contributed by atoms with Gasteiger partial charge in [-0.2, -0.15) is 0 Å². The largest absolute Gasteiger partial charge is 0.344 e. The van der Waals surface area contributed by atoms with Crippen LogP contribution in [0, 0.1) is 17.0 Å². The minimum atomic E-state index is -0.420. The first kappa shape index (κ1) is 7.72. The molecule has 0 amide bonds. The quantitative estimate of drug-likeness (QED) is 0.533. The number of nitrogens with zero attached hydrogens (tertiary/aromatic N) is 2. The van der Waals surface area contributed by atoms with Crippen molar-refractivity contribution in [2.24, 2.45) is 0 Å². The molecule has 0 fully saturated rings. The Hall–Kier alpha value is -1.91. The number of nitro groups is 1. The molecule has 5 heteroatoms. The van der Waals surface area contributed by atoms with Crippen LogP contribution < -0.4 is 0 Å². The number of H-pyrrole nitrogens is 1. The van der Waals surface area contributed by atoms with Crippen molar-refractivity contribution in [3.05, 3.63) is 34.1 Å². The van der Waals surface area contributed by atoms with Crippen molar-refractivity contribution in [2.45, 2.75) is 6.92 Å². The maximum absolute atomic E-state index is 10.6. The summed E-state index contributed by atoms with van der Waals surface area (Å²) in [5.41, 5.74) is 2.02. The molecule has 0 aliphatic carbocycles. The van der Waals surface area contributed by atoms with Crippen LogP contribution in [0.25, 0.3) is 11.0 Å². The highest BCUT2D eigenvalue weighted by Crippen LogP contribution is 2.23. The highest BCUT2D eigenvalue weighted by molar-refractivity contribution is 5.84. The third kappa shape index (κ3) is 1.14. The molecule has 0 saturated heterocycles. The summed E-state index contributed by atoms with van der Waals surface area (Å²) in [5, 5.41) is 10.6. The van der Waals surface area contributed by atoms with Crippen LogP contribution in [-0.4, -0.2) is 14.9 Å². The van der Waals surface area contributed by atoms with E-state index in [-0.39, 0.29) is 5.69 Å². The Morgan fingerprint density at radius 1 is 1.54 bits per heavy atom. The first-order valence-corrected chi connectivity index (χ1v) is 3.76. The van der Waals surface area contributed by atoms with E-state index in [1.165, 1.54) is 12.4 Å². The smallest absolute Gasteiger partial charge is 0.297 e. The average Bonchev–Trinajstić information content (AvgIpc) is 2.49. The van der Waals surface area contributed by atoms with Crippen molar-refractivity contribution in [1.82, 2.24) is 9.97 Å². The number of aromatic amines is 1. The van der Waals surface area contributed by atoms with Crippen molar-refractivity contribution in [3.63, 3.8) is 0 Å². The average molecular weight is 177 g/mol. The SMILES string of the molecule is Cc1cc([N+](=O)[O-])c2nc[nH]c2c1. The molecular formula is C8H7N3O2. The van der Waals surface area contributed by atoms with Crippen molar-refractivity contribution in [1.29, 1.82) is 0 Å². The maximum Gasteiger partial charge on any atom is 0.297 e. The fourth-order valence-electron chi connectivity index (χ4n) is 1.31. The summed E-state index contributed by atoms with van der Waals surface area (Å²) in [5.74, 6) is 0. The second-order valence-electron chi connectivity index (χ2n) is 2.84. The van der Waals surface area contributed by atoms with Gasteiger partial charge in [-0.1, -0.05) is 0 Å². The van der Waals surface area contributed by atoms with Crippen molar-refractivity contribution in [2.75, 3.05) is 0 Å². The summed E-state index contributed by atoms with van der Waals surface area (Å²) < 4.78 is 0. The van der Waals surface area contributed by atoms with Gasteiger partial charge in [0.25, 0.3) is 5.69 Å². The number of nitro benzene ring substituents is 1. The molecule has 1 N–H and O–H groups in total. The molecule has 0 unspecified atom stereocenters. The van der Waals surface area contributed by atoms with Gasteiger partial charge in [0.2, 0.25) is 0 Å². The normalized spacial score (nSPS) is 10.5. The third-order valence-corrected chi connectivity index (χ3v) is 1.84. The van der Waals surface area contributed by atoms with Crippen LogP contribution in [0.5, 0.6) is 0 Å². The molecule has 1 aromatic carbocycles. The number of benzene rings is 1. The first-order chi connectivity index (χ1) is 6.18. The van der Waals surface area contributed by atoms with Crippen LogP contribution in [-0.2, 0) is 0 Å². The molecule has 1 heterocycles. The van der Waals surface area contributed by atoms with Gasteiger partial charge < -0.3 is 4.98 Å². The van der Waals surface area contributed by atoms with E-state index in [0.717, 1.165) is 5.56 Å². The van der Waals surface area contributed by atoms with Gasteiger partial charge in [0.1, 0.15) is 0 Å². The summed E-state index contributed by atoms with van der Waals surface area (Å²) in [6, 6.07) is 3.35. The molecule has 2 rings (SSSR count). The Morgan fingerprint density at radius 3 is 3.00 bits per heavy atom. The van der Waals surface area contributed by atoms with E-state index in [9.17, 15) is 10.1 Å². The number of hydrogen-bond acceptors (Lipinski definition) is 3. The van der Waals surface area contributed by atoms with E-state index in [1.807, 2.05) is 13.0 Å². The second-order valence-corrected chi connectivity index (χ2v) is 2.84. The molecule has 13 heavy (non-hydrogen) atoms. The molecule has 0 aliphatic heterocycles. The summed E-state index contributed by atoms with van der Waals surface area (Å²) in [7, 11) is 0. The molecule has 1 aromatic heterocycles. The van der Waals surface area contributed by atoms with Gasteiger partial charge in [0.05, 0.1) is 16.8 Å². The Bertz CT molecular complexity index is 475. The lowest BCUT2D eigenvalue weighted by Gasteiger charge is -1.94. The number of aryl methyl sites for hydroxylation is 1. The number of fused-ring (bicyclic) bond motifs is 1. The van der Waals surface area contributed by atoms with Gasteiger partial charge >= 0.3 is 0 Å². The Balaban J connectivity index is 2.84. The molecule has 0 saturated carbocycles. The Kier molecular flexibility index (Phi) is 1.51. The third-order valence-electron chi connectivity index (χ3n) is 1.84. The van der Waals surface area contributed by atoms with Crippen LogP contribution >= 0.6 is 0 Å². The van der Waals surface area contributed by atoms with Crippen molar-refractivity contribution in [3.8, 4) is 0 Å². The predicted octanol–water partition coefficient (Wildman–Crippen LogP) is 1.78. The Morgan fingerprint density at radius 2 is 2.31 bits per heavy atom. The summed E-state index contributed by atoms with van der Waals surface area (Å²) in [6.45, 7) is 1.81. The highest BCUT2D eigenvalue weighted by Gasteiger charge is 2.14. The van der Waals surface area contributed by atoms with E-state index in [2.05, 4.69) is 9.97 Å². The van der Waals surface area contributed by atoms with Crippen LogP contribution in [0.2, 0.25) is 0 Å². The lowest BCUT2D eigenvalue weighted by molar-refractivity contribution is -0.383. The number of hydrogen-bond donors (Lipinski definition) is 1. The monoisotopic (exact) mass is 177 g/mol. The van der Waals surface area contributed by atoms with Crippen LogP contribution in [0.4, 0.5) is 5.69 Å². The zero-order valence-electron chi connectivity index (χ0n) is 6.94. The number of aromatic nitrogens is 2. The molecule has 2 aromatic rings. The predicted molar refractivity (Wildman–Crippen MR) is 47.5 cm³/mol. The number of non-ortho nitro benzene ring substituents is 1. The van der Waals surface area contributed by atoms with Gasteiger partial charge in [-0.15, -0.1) is 0 Å². The maximum atomic E-state index is 10.6. The first-order valence-electron chi connectivity index (χ1n) is 3.76. The molecule has 0 spiro atoms. The molecular weight excluding hydrogens is 170 g/mol. The van der Waals surface area contributed by atoms with E-state index in [0.29, 0.717) is 11.0 Å². The topological polar surface area (TPSA) is 71.8 Å². The van der Waals surface area contributed by atoms with Gasteiger partial charge in [0, 0.05) is 6.07 Å². The molecule has 0 radical (unpaired) electrons. The molecule has 0 aliphatic rings. The van der Waals surface area contributed by atoms with E-state index < -0.39 is 4.92 Å². The van der Waals surface area contributed by atoms with Gasteiger partial charge in [-0.25, -0.2) is 4.98 Å². The lowest BCUT2D eigenvalue weighted by Crippen LogP contribution is -1.90. The van der Waals surface area contributed by atoms with Crippen LogP contribution in [0.3, 0.4) is 0 Å². The summed E-state index contributed by atoms with van der Waals surface area (Å²) in [4.78, 5) is 16.9. The standard InChI is InChI=1S/C8H7N3O2/c1-5-2-6-8(10-4-9-6)7(3-5)11(12)13/h2-4H,1H3,(H,9,10). The molecule has 0 bridgehead atoms. The number of imidazole rings is 1. The number of rotatable bonds is 1. The van der Waals surface area contributed by atoms with Crippen molar-refractivity contribution < 1.29 is 4.92 Å². The van der Waals surface area contributed by atoms with Gasteiger partial charge in [0.15, 0.2) is 5.52 Å². The lowest BCUT2D eigenvalue weighted by atomic mass is 10.2. The van der Waals surface area contributed by atoms with E-state index in [1.54, 1.807) is 0 Å². The van der Waals surface area contributed by atoms with Crippen LogP contribution in [0.1, 0.15) is 5.56 Å².